The summed E-state index contributed by atoms with van der Waals surface area (Å²) in [5, 5.41) is 0. The van der Waals surface area contributed by atoms with E-state index in [0.717, 1.165) is 11.3 Å². The maximum atomic E-state index is 4.78. The SMILES string of the molecule is CC1(c2ccc(-c3ccccn3)cn2)CCCCCCC1. The Morgan fingerprint density at radius 3 is 2.24 bits per heavy atom. The lowest BCUT2D eigenvalue weighted by atomic mass is 9.75. The summed E-state index contributed by atoms with van der Waals surface area (Å²) in [5.41, 5.74) is 3.61. The van der Waals surface area contributed by atoms with Crippen molar-refractivity contribution in [1.82, 2.24) is 9.97 Å². The van der Waals surface area contributed by atoms with Crippen molar-refractivity contribution in [3.05, 3.63) is 48.4 Å². The molecule has 3 rings (SSSR count). The molecule has 2 heteroatoms. The molecule has 2 aromatic heterocycles. The van der Waals surface area contributed by atoms with E-state index in [-0.39, 0.29) is 5.41 Å². The van der Waals surface area contributed by atoms with Crippen LogP contribution in [0.25, 0.3) is 11.3 Å². The maximum absolute atomic E-state index is 4.78. The van der Waals surface area contributed by atoms with Gasteiger partial charge in [0.15, 0.2) is 0 Å². The molecule has 0 bridgehead atoms. The average Bonchev–Trinajstić information content (AvgIpc) is 2.52. The molecule has 0 atom stereocenters. The standard InChI is InChI=1S/C19H24N2/c1-19(12-6-3-2-4-7-13-19)18-11-10-16(15-21-18)17-9-5-8-14-20-17/h5,8-11,14-15H,2-4,6-7,12-13H2,1H3. The van der Waals surface area contributed by atoms with Gasteiger partial charge in [0.05, 0.1) is 5.69 Å². The second-order valence-electron chi connectivity index (χ2n) is 6.48. The molecule has 0 N–H and O–H groups in total. The van der Waals surface area contributed by atoms with Gasteiger partial charge in [-0.25, -0.2) is 0 Å². The minimum atomic E-state index is 0.253. The van der Waals surface area contributed by atoms with E-state index in [9.17, 15) is 0 Å². The zero-order chi connectivity index (χ0) is 14.5. The predicted octanol–water partition coefficient (Wildman–Crippen LogP) is 5.15. The quantitative estimate of drug-likeness (QED) is 0.760. The zero-order valence-corrected chi connectivity index (χ0v) is 12.9. The summed E-state index contributed by atoms with van der Waals surface area (Å²) < 4.78 is 0. The van der Waals surface area contributed by atoms with Gasteiger partial charge in [-0.3, -0.25) is 9.97 Å². The Morgan fingerprint density at radius 1 is 0.857 bits per heavy atom. The number of rotatable bonds is 2. The number of hydrogen-bond donors (Lipinski definition) is 0. The highest BCUT2D eigenvalue weighted by Gasteiger charge is 2.28. The first-order valence-corrected chi connectivity index (χ1v) is 8.16. The number of hydrogen-bond acceptors (Lipinski definition) is 2. The molecule has 2 nitrogen and oxygen atoms in total. The van der Waals surface area contributed by atoms with Crippen LogP contribution in [0.1, 0.15) is 57.6 Å². The molecule has 21 heavy (non-hydrogen) atoms. The van der Waals surface area contributed by atoms with Gasteiger partial charge in [0.1, 0.15) is 0 Å². The average molecular weight is 280 g/mol. The van der Waals surface area contributed by atoms with E-state index in [1.54, 1.807) is 0 Å². The highest BCUT2D eigenvalue weighted by molar-refractivity contribution is 5.57. The van der Waals surface area contributed by atoms with Crippen molar-refractivity contribution in [1.29, 1.82) is 0 Å². The summed E-state index contributed by atoms with van der Waals surface area (Å²) in [7, 11) is 0. The van der Waals surface area contributed by atoms with E-state index >= 15 is 0 Å². The lowest BCUT2D eigenvalue weighted by Crippen LogP contribution is -2.24. The molecule has 1 aliphatic rings. The van der Waals surface area contributed by atoms with Gasteiger partial charge in [-0.15, -0.1) is 0 Å². The lowest BCUT2D eigenvalue weighted by molar-refractivity contribution is 0.333. The summed E-state index contributed by atoms with van der Waals surface area (Å²) in [6.45, 7) is 2.39. The van der Waals surface area contributed by atoms with Crippen LogP contribution in [0.5, 0.6) is 0 Å². The zero-order valence-electron chi connectivity index (χ0n) is 12.9. The molecule has 0 spiro atoms. The lowest BCUT2D eigenvalue weighted by Gasteiger charge is -2.31. The Bertz CT molecular complexity index is 552. The second kappa shape index (κ2) is 6.38. The van der Waals surface area contributed by atoms with Crippen LogP contribution in [0.3, 0.4) is 0 Å². The van der Waals surface area contributed by atoms with Crippen LogP contribution in [0.2, 0.25) is 0 Å². The summed E-state index contributed by atoms with van der Waals surface area (Å²) in [6, 6.07) is 10.4. The van der Waals surface area contributed by atoms with Crippen molar-refractivity contribution in [2.24, 2.45) is 0 Å². The third-order valence-electron chi connectivity index (χ3n) is 4.80. The van der Waals surface area contributed by atoms with Gasteiger partial charge >= 0.3 is 0 Å². The predicted molar refractivity (Wildman–Crippen MR) is 87.1 cm³/mol. The third-order valence-corrected chi connectivity index (χ3v) is 4.80. The van der Waals surface area contributed by atoms with Crippen LogP contribution in [0, 0.1) is 0 Å². The van der Waals surface area contributed by atoms with Crippen LogP contribution >= 0.6 is 0 Å². The molecule has 0 radical (unpaired) electrons. The first-order valence-electron chi connectivity index (χ1n) is 8.16. The molecule has 1 aliphatic carbocycles. The fourth-order valence-electron chi connectivity index (χ4n) is 3.38. The summed E-state index contributed by atoms with van der Waals surface area (Å²) >= 11 is 0. The fourth-order valence-corrected chi connectivity index (χ4v) is 3.38. The molecular weight excluding hydrogens is 256 g/mol. The van der Waals surface area contributed by atoms with Crippen LogP contribution < -0.4 is 0 Å². The smallest absolute Gasteiger partial charge is 0.0717 e. The molecule has 2 aromatic rings. The van der Waals surface area contributed by atoms with Gasteiger partial charge in [-0.1, -0.05) is 45.1 Å². The summed E-state index contributed by atoms with van der Waals surface area (Å²) in [4.78, 5) is 9.18. The Labute approximate surface area is 127 Å². The van der Waals surface area contributed by atoms with Gasteiger partial charge in [-0.05, 0) is 37.1 Å². The third kappa shape index (κ3) is 3.31. The second-order valence-corrected chi connectivity index (χ2v) is 6.48. The highest BCUT2D eigenvalue weighted by Crippen LogP contribution is 2.36. The van der Waals surface area contributed by atoms with Crippen LogP contribution in [0.4, 0.5) is 0 Å². The summed E-state index contributed by atoms with van der Waals surface area (Å²) in [6.07, 6.45) is 13.2. The Morgan fingerprint density at radius 2 is 1.62 bits per heavy atom. The van der Waals surface area contributed by atoms with Gasteiger partial charge < -0.3 is 0 Å². The van der Waals surface area contributed by atoms with Crippen molar-refractivity contribution >= 4 is 0 Å². The molecule has 0 unspecified atom stereocenters. The molecular formula is C19H24N2. The summed E-state index contributed by atoms with van der Waals surface area (Å²) in [5.74, 6) is 0. The molecule has 0 amide bonds. The molecule has 0 aliphatic heterocycles. The largest absolute Gasteiger partial charge is 0.260 e. The number of pyridine rings is 2. The van der Waals surface area contributed by atoms with E-state index in [2.05, 4.69) is 24.0 Å². The Kier molecular flexibility index (Phi) is 4.33. The van der Waals surface area contributed by atoms with Crippen molar-refractivity contribution in [2.75, 3.05) is 0 Å². The normalized spacial score (nSPS) is 18.7. The minimum absolute atomic E-state index is 0.253. The first kappa shape index (κ1) is 14.2. The topological polar surface area (TPSA) is 25.8 Å². The highest BCUT2D eigenvalue weighted by atomic mass is 14.7. The van der Waals surface area contributed by atoms with E-state index in [1.807, 2.05) is 30.6 Å². The van der Waals surface area contributed by atoms with E-state index in [0.29, 0.717) is 0 Å². The molecule has 1 saturated carbocycles. The van der Waals surface area contributed by atoms with Crippen molar-refractivity contribution in [3.8, 4) is 11.3 Å². The number of nitrogens with zero attached hydrogens (tertiary/aromatic N) is 2. The molecule has 0 saturated heterocycles. The van der Waals surface area contributed by atoms with Crippen molar-refractivity contribution in [3.63, 3.8) is 0 Å². The van der Waals surface area contributed by atoms with E-state index in [4.69, 9.17) is 4.98 Å². The molecule has 110 valence electrons. The maximum Gasteiger partial charge on any atom is 0.0717 e. The van der Waals surface area contributed by atoms with Crippen LogP contribution in [0.15, 0.2) is 42.7 Å². The Hall–Kier alpha value is -1.70. The molecule has 1 fully saturated rings. The van der Waals surface area contributed by atoms with Crippen molar-refractivity contribution < 1.29 is 0 Å². The van der Waals surface area contributed by atoms with Crippen LogP contribution in [-0.4, -0.2) is 9.97 Å². The van der Waals surface area contributed by atoms with Gasteiger partial charge in [0, 0.05) is 29.1 Å². The van der Waals surface area contributed by atoms with E-state index < -0.39 is 0 Å². The minimum Gasteiger partial charge on any atom is -0.260 e. The van der Waals surface area contributed by atoms with Crippen LogP contribution in [-0.2, 0) is 5.41 Å². The number of aromatic nitrogens is 2. The first-order chi connectivity index (χ1) is 10.3. The molecule has 2 heterocycles. The fraction of sp³-hybridized carbons (Fsp3) is 0.474. The van der Waals surface area contributed by atoms with Gasteiger partial charge in [0.2, 0.25) is 0 Å². The monoisotopic (exact) mass is 280 g/mol. The van der Waals surface area contributed by atoms with E-state index in [1.165, 1.54) is 50.6 Å². The molecule has 0 aromatic carbocycles. The Balaban J connectivity index is 1.82. The van der Waals surface area contributed by atoms with Gasteiger partial charge in [-0.2, -0.15) is 0 Å². The van der Waals surface area contributed by atoms with Gasteiger partial charge in [0.25, 0.3) is 0 Å². The van der Waals surface area contributed by atoms with Crippen molar-refractivity contribution in [2.45, 2.75) is 57.3 Å².